The summed E-state index contributed by atoms with van der Waals surface area (Å²) in [5.74, 6) is 0. The van der Waals surface area contributed by atoms with E-state index < -0.39 is 68.3 Å². The van der Waals surface area contributed by atoms with Crippen molar-refractivity contribution >= 4 is 0 Å². The van der Waals surface area contributed by atoms with Crippen LogP contribution < -0.4 is 0 Å². The maximum atomic E-state index is 9.93. The molecule has 0 spiro atoms. The topological polar surface area (TPSA) is 169 Å². The molecule has 10 heteroatoms. The van der Waals surface area contributed by atoms with Crippen LogP contribution in [0.3, 0.4) is 0 Å². The van der Waals surface area contributed by atoms with Crippen LogP contribution in [-0.2, 0) is 14.2 Å². The fourth-order valence-electron chi connectivity index (χ4n) is 2.58. The van der Waals surface area contributed by atoms with E-state index in [0.29, 0.717) is 0 Å². The van der Waals surface area contributed by atoms with Crippen LogP contribution in [-0.4, -0.2) is 111 Å². The summed E-state index contributed by atoms with van der Waals surface area (Å²) >= 11 is 0. The Morgan fingerprint density at radius 2 is 1.23 bits per heavy atom. The van der Waals surface area contributed by atoms with Gasteiger partial charge in [0.05, 0.1) is 19.8 Å². The van der Waals surface area contributed by atoms with Gasteiger partial charge in [0.1, 0.15) is 48.8 Å². The van der Waals surface area contributed by atoms with Crippen LogP contribution in [0.2, 0.25) is 0 Å². The highest BCUT2D eigenvalue weighted by Gasteiger charge is 2.47. The van der Waals surface area contributed by atoms with Gasteiger partial charge in [-0.05, 0) is 0 Å². The number of hydrogen-bond donors (Lipinski definition) is 7. The second-order valence-electron chi connectivity index (χ2n) is 5.40. The zero-order valence-corrected chi connectivity index (χ0v) is 11.7. The summed E-state index contributed by atoms with van der Waals surface area (Å²) in [5, 5.41) is 66.6. The van der Waals surface area contributed by atoms with Crippen LogP contribution in [0.1, 0.15) is 0 Å². The Morgan fingerprint density at radius 3 is 1.77 bits per heavy atom. The normalized spacial score (nSPS) is 49.5. The van der Waals surface area contributed by atoms with Crippen LogP contribution in [0, 0.1) is 0 Å². The molecule has 7 N–H and O–H groups in total. The molecule has 0 aliphatic carbocycles. The van der Waals surface area contributed by atoms with Crippen molar-refractivity contribution in [3.05, 3.63) is 0 Å². The van der Waals surface area contributed by atoms with Gasteiger partial charge in [0.15, 0.2) is 6.29 Å². The van der Waals surface area contributed by atoms with Gasteiger partial charge in [-0.1, -0.05) is 0 Å². The maximum absolute atomic E-state index is 9.93. The first-order valence-corrected chi connectivity index (χ1v) is 6.95. The van der Waals surface area contributed by atoms with Crippen LogP contribution >= 0.6 is 0 Å². The van der Waals surface area contributed by atoms with Gasteiger partial charge in [-0.3, -0.25) is 0 Å². The summed E-state index contributed by atoms with van der Waals surface area (Å²) in [6.45, 7) is -1.38. The second kappa shape index (κ2) is 7.45. The molecule has 0 saturated carbocycles. The van der Waals surface area contributed by atoms with Crippen molar-refractivity contribution in [1.82, 2.24) is 0 Å². The highest BCUT2D eigenvalue weighted by atomic mass is 16.7. The van der Waals surface area contributed by atoms with Crippen LogP contribution in [0.15, 0.2) is 0 Å². The minimum absolute atomic E-state index is 0.307. The molecule has 2 aliphatic heterocycles. The lowest BCUT2D eigenvalue weighted by molar-refractivity contribution is -0.297. The predicted octanol–water partition coefficient (Wildman–Crippen LogP) is -4.72. The molecule has 9 atom stereocenters. The molecule has 0 aromatic rings. The summed E-state index contributed by atoms with van der Waals surface area (Å²) in [6, 6.07) is 0. The molecule has 0 radical (unpaired) electrons. The zero-order valence-electron chi connectivity index (χ0n) is 11.7. The van der Waals surface area contributed by atoms with Crippen LogP contribution in [0.4, 0.5) is 0 Å². The Labute approximate surface area is 126 Å². The van der Waals surface area contributed by atoms with Crippen molar-refractivity contribution < 1.29 is 50.0 Å². The third-order valence-corrected chi connectivity index (χ3v) is 3.93. The quantitative estimate of drug-likeness (QED) is 0.260. The molecule has 0 aromatic heterocycles. The Hall–Kier alpha value is -0.400. The van der Waals surface area contributed by atoms with Crippen molar-refractivity contribution in [1.29, 1.82) is 0 Å². The standard InChI is InChI=1S/C12H22O10/c13-1-4-7(15)8(16)6(21-4)3-20-11-9(17)5(2-14)22-12(19)10(11)18/h4-19H,1-3H2/t4?,5?,6-,7?,8?,9?,10?,11?,12?/m0/s1. The lowest BCUT2D eigenvalue weighted by Crippen LogP contribution is -2.59. The Morgan fingerprint density at radius 1 is 0.682 bits per heavy atom. The summed E-state index contributed by atoms with van der Waals surface area (Å²) < 4.78 is 15.3. The van der Waals surface area contributed by atoms with E-state index in [1.165, 1.54) is 0 Å². The number of aliphatic hydroxyl groups excluding tert-OH is 7. The van der Waals surface area contributed by atoms with E-state index in [0.717, 1.165) is 0 Å². The maximum Gasteiger partial charge on any atom is 0.184 e. The highest BCUT2D eigenvalue weighted by Crippen LogP contribution is 2.25. The van der Waals surface area contributed by atoms with E-state index in [1.807, 2.05) is 0 Å². The van der Waals surface area contributed by atoms with Gasteiger partial charge in [0, 0.05) is 0 Å². The molecule has 2 fully saturated rings. The number of hydrogen-bond acceptors (Lipinski definition) is 10. The molecular weight excluding hydrogens is 304 g/mol. The molecule has 2 saturated heterocycles. The molecule has 10 nitrogen and oxygen atoms in total. The van der Waals surface area contributed by atoms with E-state index in [9.17, 15) is 25.5 Å². The Balaban J connectivity index is 1.94. The van der Waals surface area contributed by atoms with E-state index in [1.54, 1.807) is 0 Å². The molecule has 22 heavy (non-hydrogen) atoms. The lowest BCUT2D eigenvalue weighted by Gasteiger charge is -2.40. The van der Waals surface area contributed by atoms with Crippen LogP contribution in [0.25, 0.3) is 0 Å². The van der Waals surface area contributed by atoms with Gasteiger partial charge in [-0.2, -0.15) is 0 Å². The van der Waals surface area contributed by atoms with E-state index in [2.05, 4.69) is 0 Å². The molecule has 8 unspecified atom stereocenters. The summed E-state index contributed by atoms with van der Waals surface area (Å²) in [5.41, 5.74) is 0. The molecule has 0 aromatic carbocycles. The van der Waals surface area contributed by atoms with Crippen molar-refractivity contribution in [3.8, 4) is 0 Å². The first kappa shape index (κ1) is 17.9. The Kier molecular flexibility index (Phi) is 6.07. The van der Waals surface area contributed by atoms with Crippen molar-refractivity contribution in [2.24, 2.45) is 0 Å². The van der Waals surface area contributed by atoms with Gasteiger partial charge in [0.2, 0.25) is 0 Å². The van der Waals surface area contributed by atoms with Crippen molar-refractivity contribution in [2.75, 3.05) is 19.8 Å². The van der Waals surface area contributed by atoms with Gasteiger partial charge >= 0.3 is 0 Å². The highest BCUT2D eigenvalue weighted by molar-refractivity contribution is 4.93. The van der Waals surface area contributed by atoms with Gasteiger partial charge in [-0.15, -0.1) is 0 Å². The second-order valence-corrected chi connectivity index (χ2v) is 5.40. The number of ether oxygens (including phenoxy) is 3. The monoisotopic (exact) mass is 326 g/mol. The molecular formula is C12H22O10. The predicted molar refractivity (Wildman–Crippen MR) is 67.5 cm³/mol. The molecule has 2 aliphatic rings. The lowest BCUT2D eigenvalue weighted by atomic mass is 9.99. The Bertz CT molecular complexity index is 355. The minimum Gasteiger partial charge on any atom is -0.394 e. The van der Waals surface area contributed by atoms with E-state index in [4.69, 9.17) is 24.4 Å². The third-order valence-electron chi connectivity index (χ3n) is 3.93. The number of aliphatic hydroxyl groups is 7. The molecule has 0 bridgehead atoms. The molecule has 2 rings (SSSR count). The SMILES string of the molecule is OCC1OC(O)C(O)C(OC[C@@H]2OC(CO)C(O)C2O)C1O. The largest absolute Gasteiger partial charge is 0.394 e. The minimum atomic E-state index is -1.64. The smallest absolute Gasteiger partial charge is 0.184 e. The molecule has 0 amide bonds. The van der Waals surface area contributed by atoms with E-state index >= 15 is 0 Å². The summed E-state index contributed by atoms with van der Waals surface area (Å²) in [4.78, 5) is 0. The molecule has 130 valence electrons. The van der Waals surface area contributed by atoms with Gasteiger partial charge in [0.25, 0.3) is 0 Å². The zero-order chi connectivity index (χ0) is 16.4. The average Bonchev–Trinajstić information content (AvgIpc) is 2.78. The van der Waals surface area contributed by atoms with Gasteiger partial charge in [-0.25, -0.2) is 0 Å². The summed E-state index contributed by atoms with van der Waals surface area (Å²) in [7, 11) is 0. The molecule has 2 heterocycles. The van der Waals surface area contributed by atoms with Crippen molar-refractivity contribution in [2.45, 2.75) is 55.1 Å². The van der Waals surface area contributed by atoms with Gasteiger partial charge < -0.3 is 50.0 Å². The average molecular weight is 326 g/mol. The van der Waals surface area contributed by atoms with E-state index in [-0.39, 0.29) is 6.61 Å². The number of rotatable bonds is 5. The first-order chi connectivity index (χ1) is 10.4. The van der Waals surface area contributed by atoms with Crippen molar-refractivity contribution in [3.63, 3.8) is 0 Å². The third kappa shape index (κ3) is 3.41. The first-order valence-electron chi connectivity index (χ1n) is 6.95. The fraction of sp³-hybridized carbons (Fsp3) is 1.00. The van der Waals surface area contributed by atoms with Crippen LogP contribution in [0.5, 0.6) is 0 Å². The fourth-order valence-corrected chi connectivity index (χ4v) is 2.58. The summed E-state index contributed by atoms with van der Waals surface area (Å²) in [6.07, 6.45) is -11.5.